The molecule has 0 heterocycles. The van der Waals surface area contributed by atoms with Crippen LogP contribution in [0.1, 0.15) is 18.4 Å². The van der Waals surface area contributed by atoms with Gasteiger partial charge in [0.25, 0.3) is 0 Å². The van der Waals surface area contributed by atoms with E-state index < -0.39 is 5.97 Å². The van der Waals surface area contributed by atoms with Crippen LogP contribution in [0.3, 0.4) is 0 Å². The number of hydrogen-bond acceptors (Lipinski definition) is 4. The van der Waals surface area contributed by atoms with E-state index in [0.717, 1.165) is 18.2 Å². The quantitative estimate of drug-likeness (QED) is 0.450. The molecule has 0 amide bonds. The number of carbonyl (C=O) groups is 1. The lowest BCUT2D eigenvalue weighted by Crippen LogP contribution is -2.06. The van der Waals surface area contributed by atoms with E-state index in [1.807, 2.05) is 0 Å². The molecule has 20 heavy (non-hydrogen) atoms. The zero-order chi connectivity index (χ0) is 14.4. The zero-order valence-corrected chi connectivity index (χ0v) is 11.4. The predicted molar refractivity (Wildman–Crippen MR) is 73.8 cm³/mol. The second kappa shape index (κ2) is 6.96. The van der Waals surface area contributed by atoms with Crippen molar-refractivity contribution in [1.82, 2.24) is 0 Å². The summed E-state index contributed by atoms with van der Waals surface area (Å²) >= 11 is 0. The number of benzene rings is 1. The van der Waals surface area contributed by atoms with Gasteiger partial charge in [0.05, 0.1) is 13.7 Å². The molecule has 5 nitrogen and oxygen atoms in total. The molecule has 1 aliphatic rings. The van der Waals surface area contributed by atoms with Crippen LogP contribution in [0.5, 0.6) is 11.5 Å². The Morgan fingerprint density at radius 1 is 1.40 bits per heavy atom. The fourth-order valence-corrected chi connectivity index (χ4v) is 1.68. The van der Waals surface area contributed by atoms with Crippen LogP contribution in [-0.4, -0.2) is 31.6 Å². The Balaban J connectivity index is 1.95. The number of ether oxygens (including phenoxy) is 3. The molecule has 0 aromatic heterocycles. The van der Waals surface area contributed by atoms with Crippen LogP contribution >= 0.6 is 0 Å². The van der Waals surface area contributed by atoms with Gasteiger partial charge >= 0.3 is 5.97 Å². The first-order chi connectivity index (χ1) is 9.69. The number of hydrogen-bond donors (Lipinski definition) is 1. The van der Waals surface area contributed by atoms with Gasteiger partial charge in [-0.05, 0) is 42.5 Å². The maximum absolute atomic E-state index is 10.5. The van der Waals surface area contributed by atoms with Crippen LogP contribution in [0.2, 0.25) is 0 Å². The molecule has 108 valence electrons. The smallest absolute Gasteiger partial charge is 0.328 e. The van der Waals surface area contributed by atoms with Gasteiger partial charge in [0.2, 0.25) is 0 Å². The SMILES string of the molecule is COc1ccc(/C=C/C(=O)O)cc1OCOCC1CC1. The van der Waals surface area contributed by atoms with Crippen molar-refractivity contribution in [1.29, 1.82) is 0 Å². The molecular weight excluding hydrogens is 260 g/mol. The van der Waals surface area contributed by atoms with Gasteiger partial charge in [-0.3, -0.25) is 0 Å². The molecule has 1 saturated carbocycles. The molecule has 1 N–H and O–H groups in total. The number of carboxylic acids is 1. The summed E-state index contributed by atoms with van der Waals surface area (Å²) in [6.07, 6.45) is 5.05. The van der Waals surface area contributed by atoms with Crippen LogP contribution < -0.4 is 9.47 Å². The third-order valence-corrected chi connectivity index (χ3v) is 2.95. The third kappa shape index (κ3) is 4.59. The van der Waals surface area contributed by atoms with Crippen LogP contribution in [0.25, 0.3) is 6.08 Å². The van der Waals surface area contributed by atoms with Gasteiger partial charge in [0, 0.05) is 6.08 Å². The van der Waals surface area contributed by atoms with Crippen molar-refractivity contribution < 1.29 is 24.1 Å². The Hall–Kier alpha value is -2.01. The van der Waals surface area contributed by atoms with Gasteiger partial charge in [-0.1, -0.05) is 6.07 Å². The van der Waals surface area contributed by atoms with Gasteiger partial charge in [-0.15, -0.1) is 0 Å². The monoisotopic (exact) mass is 278 g/mol. The molecular formula is C15H18O5. The van der Waals surface area contributed by atoms with Crippen molar-refractivity contribution in [2.24, 2.45) is 5.92 Å². The van der Waals surface area contributed by atoms with Crippen molar-refractivity contribution in [3.63, 3.8) is 0 Å². The van der Waals surface area contributed by atoms with Crippen molar-refractivity contribution in [3.05, 3.63) is 29.8 Å². The van der Waals surface area contributed by atoms with Gasteiger partial charge in [0.15, 0.2) is 18.3 Å². The topological polar surface area (TPSA) is 65.0 Å². The Morgan fingerprint density at radius 2 is 2.20 bits per heavy atom. The van der Waals surface area contributed by atoms with E-state index in [1.54, 1.807) is 25.3 Å². The standard InChI is InChI=1S/C15H18O5/c1-18-13-6-4-11(5-7-15(16)17)8-14(13)20-10-19-9-12-2-3-12/h4-8,12H,2-3,9-10H2,1H3,(H,16,17)/b7-5+. The van der Waals surface area contributed by atoms with Gasteiger partial charge < -0.3 is 19.3 Å². The number of carboxylic acid groups (broad SMARTS) is 1. The fraction of sp³-hybridized carbons (Fsp3) is 0.400. The normalized spacial score (nSPS) is 14.4. The van der Waals surface area contributed by atoms with E-state index in [2.05, 4.69) is 0 Å². The molecule has 0 bridgehead atoms. The van der Waals surface area contributed by atoms with E-state index in [4.69, 9.17) is 19.3 Å². The highest BCUT2D eigenvalue weighted by molar-refractivity contribution is 5.85. The molecule has 0 radical (unpaired) electrons. The minimum absolute atomic E-state index is 0.166. The Kier molecular flexibility index (Phi) is 5.01. The lowest BCUT2D eigenvalue weighted by Gasteiger charge is -2.11. The summed E-state index contributed by atoms with van der Waals surface area (Å²) < 4.78 is 16.1. The lowest BCUT2D eigenvalue weighted by molar-refractivity contribution is -0.131. The maximum atomic E-state index is 10.5. The van der Waals surface area contributed by atoms with Gasteiger partial charge in [-0.25, -0.2) is 4.79 Å². The molecule has 2 rings (SSSR count). The zero-order valence-electron chi connectivity index (χ0n) is 11.4. The van der Waals surface area contributed by atoms with Gasteiger partial charge in [0.1, 0.15) is 0 Å². The second-order valence-corrected chi connectivity index (χ2v) is 4.66. The first-order valence-corrected chi connectivity index (χ1v) is 6.48. The summed E-state index contributed by atoms with van der Waals surface area (Å²) in [5.41, 5.74) is 0.727. The average Bonchev–Trinajstić information content (AvgIpc) is 3.25. The highest BCUT2D eigenvalue weighted by Gasteiger charge is 2.21. The second-order valence-electron chi connectivity index (χ2n) is 4.66. The van der Waals surface area contributed by atoms with E-state index in [0.29, 0.717) is 17.4 Å². The highest BCUT2D eigenvalue weighted by Crippen LogP contribution is 2.30. The van der Waals surface area contributed by atoms with E-state index in [1.165, 1.54) is 18.9 Å². The highest BCUT2D eigenvalue weighted by atomic mass is 16.7. The number of aliphatic carboxylic acids is 1. The summed E-state index contributed by atoms with van der Waals surface area (Å²) in [5.74, 6) is 0.824. The van der Waals surface area contributed by atoms with Gasteiger partial charge in [-0.2, -0.15) is 0 Å². The molecule has 0 saturated heterocycles. The molecule has 0 aliphatic heterocycles. The average molecular weight is 278 g/mol. The lowest BCUT2D eigenvalue weighted by atomic mass is 10.2. The van der Waals surface area contributed by atoms with Crippen molar-refractivity contribution >= 4 is 12.0 Å². The van der Waals surface area contributed by atoms with Crippen molar-refractivity contribution in [2.45, 2.75) is 12.8 Å². The Morgan fingerprint density at radius 3 is 2.85 bits per heavy atom. The van der Waals surface area contributed by atoms with Crippen LogP contribution in [0, 0.1) is 5.92 Å². The minimum atomic E-state index is -0.990. The summed E-state index contributed by atoms with van der Waals surface area (Å²) in [6.45, 7) is 0.889. The summed E-state index contributed by atoms with van der Waals surface area (Å²) in [5, 5.41) is 8.61. The summed E-state index contributed by atoms with van der Waals surface area (Å²) in [4.78, 5) is 10.5. The predicted octanol–water partition coefficient (Wildman–Crippen LogP) is 2.56. The number of rotatable bonds is 8. The molecule has 0 unspecified atom stereocenters. The Labute approximate surface area is 117 Å². The van der Waals surface area contributed by atoms with Crippen molar-refractivity contribution in [2.75, 3.05) is 20.5 Å². The molecule has 1 aromatic rings. The summed E-state index contributed by atoms with van der Waals surface area (Å²) in [6, 6.07) is 5.21. The van der Waals surface area contributed by atoms with Crippen LogP contribution in [-0.2, 0) is 9.53 Å². The molecule has 0 atom stereocenters. The first kappa shape index (κ1) is 14.4. The maximum Gasteiger partial charge on any atom is 0.328 e. The largest absolute Gasteiger partial charge is 0.493 e. The van der Waals surface area contributed by atoms with E-state index in [-0.39, 0.29) is 6.79 Å². The number of methoxy groups -OCH3 is 1. The van der Waals surface area contributed by atoms with E-state index in [9.17, 15) is 4.79 Å². The third-order valence-electron chi connectivity index (χ3n) is 2.95. The molecule has 5 heteroatoms. The van der Waals surface area contributed by atoms with Crippen molar-refractivity contribution in [3.8, 4) is 11.5 Å². The molecule has 0 spiro atoms. The first-order valence-electron chi connectivity index (χ1n) is 6.48. The van der Waals surface area contributed by atoms with E-state index >= 15 is 0 Å². The summed E-state index contributed by atoms with van der Waals surface area (Å²) in [7, 11) is 1.56. The molecule has 1 fully saturated rings. The molecule has 1 aromatic carbocycles. The minimum Gasteiger partial charge on any atom is -0.493 e. The van der Waals surface area contributed by atoms with Crippen LogP contribution in [0.4, 0.5) is 0 Å². The van der Waals surface area contributed by atoms with Crippen LogP contribution in [0.15, 0.2) is 24.3 Å². The fourth-order valence-electron chi connectivity index (χ4n) is 1.68. The molecule has 1 aliphatic carbocycles. The Bertz CT molecular complexity index is 491.